The second kappa shape index (κ2) is 5.17. The van der Waals surface area contributed by atoms with Gasteiger partial charge in [-0.1, -0.05) is 37.0 Å². The minimum absolute atomic E-state index is 0.0581. The third-order valence-electron chi connectivity index (χ3n) is 6.76. The molecule has 26 heavy (non-hydrogen) atoms. The summed E-state index contributed by atoms with van der Waals surface area (Å²) in [7, 11) is 0. The van der Waals surface area contributed by atoms with E-state index in [0.717, 1.165) is 19.3 Å². The summed E-state index contributed by atoms with van der Waals surface area (Å²) < 4.78 is 5.70. The first-order valence-corrected chi connectivity index (χ1v) is 10.0. The normalized spacial score (nSPS) is 38.1. The number of halogens is 2. The standard InChI is InChI=1S/C20H22Cl2N2O2/c1-18-5-11-6-19(2,8-18)10-20(7-11,9-18)16(25)24-17-23-14-3-12(21)13(22)4-15(14)26-17/h3-4,11H,5-10H2,1-2H3,(H,23,24,25). The molecule has 0 aliphatic heterocycles. The maximum Gasteiger partial charge on any atom is 0.302 e. The molecule has 4 fully saturated rings. The average Bonchev–Trinajstić information content (AvgIpc) is 2.85. The summed E-state index contributed by atoms with van der Waals surface area (Å²) in [6.07, 6.45) is 6.69. The molecule has 0 spiro atoms. The SMILES string of the molecule is CC12CC3CC(C)(C1)CC(C(=O)Nc1nc4cc(Cl)c(Cl)cc4o1)(C3)C2. The van der Waals surface area contributed by atoms with E-state index in [4.69, 9.17) is 27.6 Å². The molecule has 1 N–H and O–H groups in total. The Morgan fingerprint density at radius 2 is 1.77 bits per heavy atom. The Hall–Kier alpha value is -1.26. The average molecular weight is 393 g/mol. The molecule has 4 bridgehead atoms. The molecule has 4 nitrogen and oxygen atoms in total. The van der Waals surface area contributed by atoms with Crippen LogP contribution in [0.15, 0.2) is 16.5 Å². The Labute approximate surface area is 162 Å². The van der Waals surface area contributed by atoms with Crippen molar-refractivity contribution in [2.75, 3.05) is 5.32 Å². The van der Waals surface area contributed by atoms with Crippen molar-refractivity contribution in [1.29, 1.82) is 0 Å². The van der Waals surface area contributed by atoms with Gasteiger partial charge in [0.05, 0.1) is 15.5 Å². The van der Waals surface area contributed by atoms with Crippen molar-refractivity contribution in [3.8, 4) is 0 Å². The van der Waals surface area contributed by atoms with Crippen LogP contribution in [0.4, 0.5) is 6.01 Å². The molecule has 1 aromatic carbocycles. The Morgan fingerprint density at radius 1 is 1.12 bits per heavy atom. The second-order valence-electron chi connectivity index (χ2n) is 9.62. The lowest BCUT2D eigenvalue weighted by atomic mass is 9.40. The zero-order valence-electron chi connectivity index (χ0n) is 15.0. The highest BCUT2D eigenvalue weighted by Crippen LogP contribution is 2.69. The number of oxazole rings is 1. The fourth-order valence-electron chi connectivity index (χ4n) is 6.91. The highest BCUT2D eigenvalue weighted by molar-refractivity contribution is 6.42. The van der Waals surface area contributed by atoms with Crippen LogP contribution in [0.3, 0.4) is 0 Å². The molecule has 0 radical (unpaired) electrons. The number of nitrogens with zero attached hydrogens (tertiary/aromatic N) is 1. The molecule has 1 amide bonds. The monoisotopic (exact) mass is 392 g/mol. The maximum absolute atomic E-state index is 13.3. The van der Waals surface area contributed by atoms with E-state index in [9.17, 15) is 4.79 Å². The minimum Gasteiger partial charge on any atom is -0.423 e. The number of hydrogen-bond donors (Lipinski definition) is 1. The second-order valence-corrected chi connectivity index (χ2v) is 10.4. The van der Waals surface area contributed by atoms with E-state index in [2.05, 4.69) is 24.1 Å². The van der Waals surface area contributed by atoms with E-state index in [-0.39, 0.29) is 28.2 Å². The number of amides is 1. The summed E-state index contributed by atoms with van der Waals surface area (Å²) in [5.74, 6) is 0.719. The molecular formula is C20H22Cl2N2O2. The number of benzene rings is 1. The number of anilines is 1. The van der Waals surface area contributed by atoms with E-state index in [1.54, 1.807) is 12.1 Å². The van der Waals surface area contributed by atoms with Crippen LogP contribution >= 0.6 is 23.2 Å². The maximum atomic E-state index is 13.3. The van der Waals surface area contributed by atoms with Gasteiger partial charge in [0.15, 0.2) is 5.58 Å². The van der Waals surface area contributed by atoms with Crippen molar-refractivity contribution in [2.24, 2.45) is 22.2 Å². The van der Waals surface area contributed by atoms with Gasteiger partial charge in [0.2, 0.25) is 5.91 Å². The highest BCUT2D eigenvalue weighted by Gasteiger charge is 2.62. The van der Waals surface area contributed by atoms with Gasteiger partial charge >= 0.3 is 6.01 Å². The van der Waals surface area contributed by atoms with Gasteiger partial charge in [-0.05, 0) is 61.3 Å². The number of hydrogen-bond acceptors (Lipinski definition) is 3. The van der Waals surface area contributed by atoms with Gasteiger partial charge < -0.3 is 4.42 Å². The summed E-state index contributed by atoms with van der Waals surface area (Å²) in [4.78, 5) is 17.7. The fraction of sp³-hybridized carbons (Fsp3) is 0.600. The topological polar surface area (TPSA) is 55.1 Å². The van der Waals surface area contributed by atoms with Gasteiger partial charge in [-0.25, -0.2) is 0 Å². The molecule has 2 aromatic rings. The summed E-state index contributed by atoms with van der Waals surface area (Å²) in [6.45, 7) is 4.72. The van der Waals surface area contributed by atoms with Crippen molar-refractivity contribution < 1.29 is 9.21 Å². The fourth-order valence-corrected chi connectivity index (χ4v) is 7.22. The quantitative estimate of drug-likeness (QED) is 0.674. The van der Waals surface area contributed by atoms with Crippen LogP contribution in [-0.2, 0) is 4.79 Å². The molecule has 6 heteroatoms. The Morgan fingerprint density at radius 3 is 2.42 bits per heavy atom. The van der Waals surface area contributed by atoms with Crippen LogP contribution in [0.2, 0.25) is 10.0 Å². The summed E-state index contributed by atoms with van der Waals surface area (Å²) >= 11 is 12.1. The van der Waals surface area contributed by atoms with E-state index in [0.29, 0.717) is 27.1 Å². The Bertz CT molecular complexity index is 880. The van der Waals surface area contributed by atoms with Gasteiger partial charge in [-0.15, -0.1) is 0 Å². The lowest BCUT2D eigenvalue weighted by molar-refractivity contribution is -0.165. The van der Waals surface area contributed by atoms with Crippen LogP contribution in [0.25, 0.3) is 11.1 Å². The Kier molecular flexibility index (Phi) is 3.36. The molecule has 1 aromatic heterocycles. The number of nitrogens with one attached hydrogen (secondary N) is 1. The largest absolute Gasteiger partial charge is 0.423 e. The predicted octanol–water partition coefficient (Wildman–Crippen LogP) is 6.07. The number of carbonyl (C=O) groups excluding carboxylic acids is 1. The number of fused-ring (bicyclic) bond motifs is 1. The van der Waals surface area contributed by atoms with Crippen LogP contribution in [-0.4, -0.2) is 10.9 Å². The molecule has 4 aliphatic rings. The molecule has 4 saturated carbocycles. The first-order valence-electron chi connectivity index (χ1n) is 9.25. The zero-order valence-corrected chi connectivity index (χ0v) is 16.5. The lowest BCUT2D eigenvalue weighted by Gasteiger charge is -2.64. The van der Waals surface area contributed by atoms with Crippen molar-refractivity contribution in [2.45, 2.75) is 52.4 Å². The smallest absolute Gasteiger partial charge is 0.302 e. The lowest BCUT2D eigenvalue weighted by Crippen LogP contribution is -2.58. The highest BCUT2D eigenvalue weighted by atomic mass is 35.5. The van der Waals surface area contributed by atoms with E-state index < -0.39 is 0 Å². The first kappa shape index (κ1) is 16.9. The molecule has 2 unspecified atom stereocenters. The van der Waals surface area contributed by atoms with Crippen LogP contribution in [0.5, 0.6) is 0 Å². The van der Waals surface area contributed by atoms with Gasteiger partial charge in [0.25, 0.3) is 0 Å². The summed E-state index contributed by atoms with van der Waals surface area (Å²) in [5.41, 5.74) is 1.40. The molecule has 4 aliphatic carbocycles. The zero-order chi connectivity index (χ0) is 18.3. The van der Waals surface area contributed by atoms with Crippen LogP contribution in [0.1, 0.15) is 52.4 Å². The number of rotatable bonds is 2. The molecule has 0 saturated heterocycles. The molecule has 138 valence electrons. The molecule has 2 atom stereocenters. The van der Waals surface area contributed by atoms with Gasteiger partial charge in [0, 0.05) is 6.07 Å². The number of aromatic nitrogens is 1. The van der Waals surface area contributed by atoms with Crippen LogP contribution in [0, 0.1) is 22.2 Å². The van der Waals surface area contributed by atoms with Crippen LogP contribution < -0.4 is 5.32 Å². The third kappa shape index (κ3) is 2.49. The summed E-state index contributed by atoms with van der Waals surface area (Å²) in [5, 5.41) is 3.79. The minimum atomic E-state index is -0.293. The van der Waals surface area contributed by atoms with Crippen molar-refractivity contribution >= 4 is 46.2 Å². The third-order valence-corrected chi connectivity index (χ3v) is 7.48. The molecule has 1 heterocycles. The van der Waals surface area contributed by atoms with Gasteiger partial charge in [-0.3, -0.25) is 10.1 Å². The van der Waals surface area contributed by atoms with Crippen molar-refractivity contribution in [3.05, 3.63) is 22.2 Å². The van der Waals surface area contributed by atoms with Crippen molar-refractivity contribution in [3.63, 3.8) is 0 Å². The van der Waals surface area contributed by atoms with Gasteiger partial charge in [-0.2, -0.15) is 4.98 Å². The van der Waals surface area contributed by atoms with Gasteiger partial charge in [0.1, 0.15) is 5.52 Å². The molecular weight excluding hydrogens is 371 g/mol. The predicted molar refractivity (Wildman–Crippen MR) is 102 cm³/mol. The molecule has 6 rings (SSSR count). The van der Waals surface area contributed by atoms with E-state index in [1.807, 2.05) is 0 Å². The van der Waals surface area contributed by atoms with E-state index >= 15 is 0 Å². The van der Waals surface area contributed by atoms with E-state index in [1.165, 1.54) is 19.3 Å². The summed E-state index contributed by atoms with van der Waals surface area (Å²) in [6, 6.07) is 3.52. The Balaban J connectivity index is 1.45. The number of carbonyl (C=O) groups is 1. The first-order chi connectivity index (χ1) is 12.2. The van der Waals surface area contributed by atoms with Crippen molar-refractivity contribution in [1.82, 2.24) is 4.98 Å².